The van der Waals surface area contributed by atoms with Gasteiger partial charge in [-0.15, -0.1) is 0 Å². The van der Waals surface area contributed by atoms with Crippen LogP contribution < -0.4 is 4.57 Å². The first-order valence-electron chi connectivity index (χ1n) is 11.6. The van der Waals surface area contributed by atoms with Crippen molar-refractivity contribution in [1.82, 2.24) is 4.98 Å². The number of hydrogen-bond acceptors (Lipinski definition) is 2. The van der Waals surface area contributed by atoms with E-state index in [4.69, 9.17) is 8.53 Å². The molecule has 0 aliphatic heterocycles. The lowest BCUT2D eigenvalue weighted by Gasteiger charge is -2.20. The molecule has 0 spiro atoms. The SMILES string of the molecule is [2H]C([2H])([2H])C1(C)c2ncccc2-c2ccc3c(oc4c(-c5cccc[n+]5C)c(C)ccc43)c21. The predicted molar refractivity (Wildman–Crippen MR) is 120 cm³/mol. The molecule has 1 aliphatic rings. The summed E-state index contributed by atoms with van der Waals surface area (Å²) < 4.78 is 34.2. The average Bonchev–Trinajstić information content (AvgIpc) is 3.28. The van der Waals surface area contributed by atoms with Gasteiger partial charge >= 0.3 is 0 Å². The van der Waals surface area contributed by atoms with Gasteiger partial charge in [0, 0.05) is 49.8 Å². The van der Waals surface area contributed by atoms with Crippen molar-refractivity contribution >= 4 is 21.9 Å². The smallest absolute Gasteiger partial charge is 0.216 e. The summed E-state index contributed by atoms with van der Waals surface area (Å²) in [6, 6.07) is 18.1. The van der Waals surface area contributed by atoms with Crippen molar-refractivity contribution in [1.29, 1.82) is 0 Å². The summed E-state index contributed by atoms with van der Waals surface area (Å²) in [4.78, 5) is 4.54. The predicted octanol–water partition coefficient (Wildman–Crippen LogP) is 6.09. The molecule has 0 fully saturated rings. The highest BCUT2D eigenvalue weighted by molar-refractivity contribution is 6.12. The molecule has 0 saturated heterocycles. The lowest BCUT2D eigenvalue weighted by atomic mass is 9.84. The van der Waals surface area contributed by atoms with Crippen LogP contribution >= 0.6 is 0 Å². The van der Waals surface area contributed by atoms with E-state index in [0.29, 0.717) is 16.8 Å². The van der Waals surface area contributed by atoms with Crippen LogP contribution in [0.1, 0.15) is 34.7 Å². The van der Waals surface area contributed by atoms with Crippen molar-refractivity contribution in [3.8, 4) is 22.4 Å². The fourth-order valence-corrected chi connectivity index (χ4v) is 4.96. The summed E-state index contributed by atoms with van der Waals surface area (Å²) in [5, 5.41) is 1.90. The van der Waals surface area contributed by atoms with Gasteiger partial charge in [-0.05, 0) is 50.0 Å². The standard InChI is InChI=1S/C27H23N2O/c1-16-10-11-18-19-13-12-17-20-8-7-14-28-26(20)27(2,3)23(17)25(19)30-24(18)22(16)21-9-5-6-15-29(21)4/h5-15H,1-4H3/q+1/i2D3. The number of furan rings is 1. The molecule has 3 nitrogen and oxygen atoms in total. The summed E-state index contributed by atoms with van der Waals surface area (Å²) in [7, 11) is 2.02. The molecule has 3 heterocycles. The van der Waals surface area contributed by atoms with E-state index in [1.165, 1.54) is 0 Å². The van der Waals surface area contributed by atoms with Gasteiger partial charge in [0.1, 0.15) is 18.2 Å². The van der Waals surface area contributed by atoms with E-state index in [-0.39, 0.29) is 0 Å². The zero-order valence-corrected chi connectivity index (χ0v) is 17.2. The van der Waals surface area contributed by atoms with Crippen LogP contribution in [-0.2, 0) is 12.5 Å². The number of nitrogens with zero attached hydrogens (tertiary/aromatic N) is 2. The van der Waals surface area contributed by atoms with E-state index in [0.717, 1.165) is 44.3 Å². The summed E-state index contributed by atoms with van der Waals surface area (Å²) in [5.74, 6) is 0. The minimum absolute atomic E-state index is 0.582. The Balaban J connectivity index is 1.78. The second-order valence-electron chi connectivity index (χ2n) is 8.32. The maximum Gasteiger partial charge on any atom is 0.216 e. The van der Waals surface area contributed by atoms with Gasteiger partial charge in [-0.25, -0.2) is 4.57 Å². The van der Waals surface area contributed by atoms with Crippen LogP contribution in [0, 0.1) is 6.92 Å². The molecule has 1 atom stereocenters. The zero-order chi connectivity index (χ0) is 23.1. The maximum atomic E-state index is 8.48. The molecule has 0 amide bonds. The second kappa shape index (κ2) is 5.79. The Hall–Kier alpha value is -3.46. The first-order valence-corrected chi connectivity index (χ1v) is 10.1. The van der Waals surface area contributed by atoms with Crippen LogP contribution in [0.15, 0.2) is 71.4 Å². The van der Waals surface area contributed by atoms with Crippen LogP contribution in [0.5, 0.6) is 0 Å². The molecule has 30 heavy (non-hydrogen) atoms. The van der Waals surface area contributed by atoms with Gasteiger partial charge in [-0.2, -0.15) is 0 Å². The van der Waals surface area contributed by atoms with Crippen molar-refractivity contribution in [2.75, 3.05) is 0 Å². The number of rotatable bonds is 1. The van der Waals surface area contributed by atoms with Crippen molar-refractivity contribution in [2.45, 2.75) is 26.1 Å². The monoisotopic (exact) mass is 394 g/mol. The van der Waals surface area contributed by atoms with E-state index in [1.54, 1.807) is 13.1 Å². The Morgan fingerprint density at radius 2 is 1.80 bits per heavy atom. The van der Waals surface area contributed by atoms with E-state index < -0.39 is 12.3 Å². The summed E-state index contributed by atoms with van der Waals surface area (Å²) in [5.41, 5.74) is 6.32. The second-order valence-corrected chi connectivity index (χ2v) is 8.32. The third-order valence-corrected chi connectivity index (χ3v) is 6.40. The molecule has 0 N–H and O–H groups in total. The first-order chi connectivity index (χ1) is 15.7. The van der Waals surface area contributed by atoms with E-state index in [2.05, 4.69) is 34.7 Å². The lowest BCUT2D eigenvalue weighted by molar-refractivity contribution is -0.660. The summed E-state index contributed by atoms with van der Waals surface area (Å²) in [6.45, 7) is 1.55. The highest BCUT2D eigenvalue weighted by Gasteiger charge is 2.40. The Kier molecular flexibility index (Phi) is 2.80. The van der Waals surface area contributed by atoms with Gasteiger partial charge in [0.15, 0.2) is 6.20 Å². The molecule has 3 heteroatoms. The molecular formula is C27H23N2O+. The maximum absolute atomic E-state index is 8.48. The minimum atomic E-state index is -2.29. The summed E-state index contributed by atoms with van der Waals surface area (Å²) in [6.07, 6.45) is 3.68. The van der Waals surface area contributed by atoms with Gasteiger partial charge in [-0.3, -0.25) is 4.98 Å². The van der Waals surface area contributed by atoms with Crippen molar-refractivity contribution in [3.63, 3.8) is 0 Å². The molecule has 1 unspecified atom stereocenters. The molecule has 0 bridgehead atoms. The largest absolute Gasteiger partial charge is 0.455 e. The first kappa shape index (κ1) is 14.5. The highest BCUT2D eigenvalue weighted by atomic mass is 16.3. The van der Waals surface area contributed by atoms with Crippen LogP contribution in [-0.4, -0.2) is 4.98 Å². The highest BCUT2D eigenvalue weighted by Crippen LogP contribution is 2.52. The van der Waals surface area contributed by atoms with E-state index in [1.807, 2.05) is 49.6 Å². The average molecular weight is 395 g/mol. The Morgan fingerprint density at radius 1 is 0.967 bits per heavy atom. The molecule has 6 rings (SSSR count). The van der Waals surface area contributed by atoms with Crippen LogP contribution in [0.2, 0.25) is 0 Å². The molecule has 5 aromatic rings. The van der Waals surface area contributed by atoms with Gasteiger partial charge in [0.25, 0.3) is 0 Å². The lowest BCUT2D eigenvalue weighted by Crippen LogP contribution is -2.30. The van der Waals surface area contributed by atoms with E-state index >= 15 is 0 Å². The number of benzene rings is 2. The Morgan fingerprint density at radius 3 is 2.63 bits per heavy atom. The topological polar surface area (TPSA) is 29.9 Å². The third kappa shape index (κ3) is 2.10. The minimum Gasteiger partial charge on any atom is -0.455 e. The summed E-state index contributed by atoms with van der Waals surface area (Å²) >= 11 is 0. The van der Waals surface area contributed by atoms with E-state index in [9.17, 15) is 0 Å². The number of fused-ring (bicyclic) bond motifs is 7. The zero-order valence-electron chi connectivity index (χ0n) is 20.2. The molecular weight excluding hydrogens is 368 g/mol. The van der Waals surface area contributed by atoms with Crippen LogP contribution in [0.25, 0.3) is 44.3 Å². The fraction of sp³-hybridized carbons (Fsp3) is 0.185. The van der Waals surface area contributed by atoms with Crippen molar-refractivity contribution in [2.24, 2.45) is 7.05 Å². The number of hydrogen-bond donors (Lipinski definition) is 0. The van der Waals surface area contributed by atoms with Crippen LogP contribution in [0.3, 0.4) is 0 Å². The molecule has 0 saturated carbocycles. The van der Waals surface area contributed by atoms with Gasteiger partial charge in [0.05, 0.1) is 11.3 Å². The van der Waals surface area contributed by atoms with Gasteiger partial charge < -0.3 is 4.42 Å². The molecule has 2 aromatic carbocycles. The fourth-order valence-electron chi connectivity index (χ4n) is 4.96. The quantitative estimate of drug-likeness (QED) is 0.322. The number of aryl methyl sites for hydroxylation is 2. The van der Waals surface area contributed by atoms with Crippen molar-refractivity contribution in [3.05, 3.63) is 83.8 Å². The molecule has 3 aromatic heterocycles. The Labute approximate surface area is 179 Å². The molecule has 146 valence electrons. The Bertz CT molecular complexity index is 1600. The number of aromatic nitrogens is 2. The molecule has 0 radical (unpaired) electrons. The third-order valence-electron chi connectivity index (χ3n) is 6.40. The normalized spacial score (nSPS) is 19.4. The number of pyridine rings is 2. The van der Waals surface area contributed by atoms with Gasteiger partial charge in [-0.1, -0.05) is 24.3 Å². The molecule has 1 aliphatic carbocycles. The van der Waals surface area contributed by atoms with Crippen molar-refractivity contribution < 1.29 is 13.1 Å². The van der Waals surface area contributed by atoms with Gasteiger partial charge in [0.2, 0.25) is 5.69 Å². The van der Waals surface area contributed by atoms with Crippen LogP contribution in [0.4, 0.5) is 0 Å².